The molecule has 0 aliphatic carbocycles. The van der Waals surface area contributed by atoms with Gasteiger partial charge in [-0.1, -0.05) is 5.92 Å². The van der Waals surface area contributed by atoms with Gasteiger partial charge in [0.25, 0.3) is 5.56 Å². The minimum Gasteiger partial charge on any atom is -0.394 e. The second-order valence-electron chi connectivity index (χ2n) is 5.59. The number of aliphatic hydroxyl groups excluding tert-OH is 2. The number of aromatic nitrogens is 3. The molecule has 1 aliphatic heterocycles. The van der Waals surface area contributed by atoms with Crippen molar-refractivity contribution in [2.45, 2.75) is 37.9 Å². The van der Waals surface area contributed by atoms with E-state index < -0.39 is 42.0 Å². The van der Waals surface area contributed by atoms with Crippen molar-refractivity contribution >= 4 is 11.0 Å². The number of aliphatic hydroxyl groups is 3. The third-order valence-electron chi connectivity index (χ3n) is 4.00. The lowest BCUT2D eigenvalue weighted by atomic mass is 9.94. The minimum absolute atomic E-state index is 0.0548. The summed E-state index contributed by atoms with van der Waals surface area (Å²) >= 11 is 0. The highest BCUT2D eigenvalue weighted by Gasteiger charge is 2.56. The zero-order chi connectivity index (χ0) is 17.6. The van der Waals surface area contributed by atoms with Crippen LogP contribution in [0, 0.1) is 24.6 Å². The molecule has 8 nitrogen and oxygen atoms in total. The number of rotatable bonds is 2. The first kappa shape index (κ1) is 16.6. The van der Waals surface area contributed by atoms with Crippen LogP contribution in [0.2, 0.25) is 0 Å². The van der Waals surface area contributed by atoms with Crippen LogP contribution >= 0.6 is 0 Å². The lowest BCUT2D eigenvalue weighted by Crippen LogP contribution is -2.45. The summed E-state index contributed by atoms with van der Waals surface area (Å²) in [6.45, 7) is 2.41. The highest BCUT2D eigenvalue weighted by molar-refractivity contribution is 5.76. The van der Waals surface area contributed by atoms with Crippen molar-refractivity contribution in [3.63, 3.8) is 0 Å². The first-order chi connectivity index (χ1) is 11.3. The van der Waals surface area contributed by atoms with Gasteiger partial charge in [0, 0.05) is 6.20 Å². The molecule has 1 aliphatic rings. The quantitative estimate of drug-likeness (QED) is 0.531. The maximum absolute atomic E-state index is 14.2. The predicted molar refractivity (Wildman–Crippen MR) is 80.5 cm³/mol. The number of fused-ring (bicyclic) bond motifs is 1. The van der Waals surface area contributed by atoms with E-state index in [-0.39, 0.29) is 16.9 Å². The fraction of sp³-hybridized carbons (Fsp3) is 0.467. The van der Waals surface area contributed by atoms with E-state index >= 15 is 0 Å². The Balaban J connectivity index is 2.26. The van der Waals surface area contributed by atoms with Crippen molar-refractivity contribution in [3.05, 3.63) is 28.2 Å². The highest BCUT2D eigenvalue weighted by Crippen LogP contribution is 2.39. The van der Waals surface area contributed by atoms with Gasteiger partial charge in [-0.15, -0.1) is 5.92 Å². The number of nitrogens with one attached hydrogen (secondary N) is 1. The van der Waals surface area contributed by atoms with Gasteiger partial charge in [0.05, 0.1) is 6.61 Å². The van der Waals surface area contributed by atoms with Crippen LogP contribution in [0.4, 0.5) is 4.39 Å². The molecule has 1 fully saturated rings. The lowest BCUT2D eigenvalue weighted by Gasteiger charge is -2.26. The van der Waals surface area contributed by atoms with Crippen molar-refractivity contribution in [2.24, 2.45) is 0 Å². The summed E-state index contributed by atoms with van der Waals surface area (Å²) < 4.78 is 20.8. The van der Waals surface area contributed by atoms with Crippen molar-refractivity contribution in [1.29, 1.82) is 0 Å². The van der Waals surface area contributed by atoms with Crippen LogP contribution < -0.4 is 5.56 Å². The lowest BCUT2D eigenvalue weighted by molar-refractivity contribution is -0.0721. The smallest absolute Gasteiger partial charge is 0.263 e. The molecule has 1 unspecified atom stereocenters. The molecule has 0 radical (unpaired) electrons. The Kier molecular flexibility index (Phi) is 3.93. The van der Waals surface area contributed by atoms with Crippen molar-refractivity contribution in [1.82, 2.24) is 14.5 Å². The topological polar surface area (TPSA) is 121 Å². The van der Waals surface area contributed by atoms with E-state index in [4.69, 9.17) is 4.74 Å². The van der Waals surface area contributed by atoms with E-state index in [1.807, 2.05) is 0 Å². The van der Waals surface area contributed by atoms with E-state index in [2.05, 4.69) is 21.8 Å². The number of halogens is 1. The third kappa shape index (κ3) is 2.23. The molecule has 0 saturated carbocycles. The maximum atomic E-state index is 14.2. The minimum atomic E-state index is -2.10. The normalized spacial score (nSPS) is 29.7. The molecule has 3 rings (SSSR count). The second kappa shape index (κ2) is 5.68. The van der Waals surface area contributed by atoms with Crippen molar-refractivity contribution < 1.29 is 24.4 Å². The molecule has 0 amide bonds. The number of H-pyrrole nitrogens is 1. The number of ether oxygens (including phenoxy) is 1. The Morgan fingerprint density at radius 2 is 2.29 bits per heavy atom. The Morgan fingerprint density at radius 3 is 2.92 bits per heavy atom. The van der Waals surface area contributed by atoms with Crippen LogP contribution in [0.15, 0.2) is 11.0 Å². The molecule has 9 heteroatoms. The molecule has 4 N–H and O–H groups in total. The summed E-state index contributed by atoms with van der Waals surface area (Å²) in [5, 5.41) is 30.0. The van der Waals surface area contributed by atoms with Crippen LogP contribution in [-0.2, 0) is 4.74 Å². The van der Waals surface area contributed by atoms with Gasteiger partial charge in [-0.3, -0.25) is 9.36 Å². The van der Waals surface area contributed by atoms with Crippen LogP contribution in [0.25, 0.3) is 11.0 Å². The van der Waals surface area contributed by atoms with Crippen LogP contribution in [-0.4, -0.2) is 54.3 Å². The van der Waals surface area contributed by atoms with Crippen LogP contribution in [0.3, 0.4) is 0 Å². The molecular weight excluding hydrogens is 321 g/mol. The molecule has 0 aromatic carbocycles. The first-order valence-electron chi connectivity index (χ1n) is 7.21. The largest absolute Gasteiger partial charge is 0.394 e. The monoisotopic (exact) mass is 337 g/mol. The Morgan fingerprint density at radius 1 is 1.58 bits per heavy atom. The van der Waals surface area contributed by atoms with Gasteiger partial charge in [0.2, 0.25) is 0 Å². The number of nitrogens with zero attached hydrogens (tertiary/aromatic N) is 2. The highest BCUT2D eigenvalue weighted by atomic mass is 19.1. The van der Waals surface area contributed by atoms with E-state index in [1.54, 1.807) is 0 Å². The molecule has 3 heterocycles. The van der Waals surface area contributed by atoms with Gasteiger partial charge in [0.15, 0.2) is 23.3 Å². The van der Waals surface area contributed by atoms with Crippen molar-refractivity contribution in [2.75, 3.05) is 6.61 Å². The molecule has 2 aromatic heterocycles. The van der Waals surface area contributed by atoms with Gasteiger partial charge in [-0.2, -0.15) is 0 Å². The Labute approximate surface area is 135 Å². The van der Waals surface area contributed by atoms with E-state index in [1.165, 1.54) is 13.8 Å². The first-order valence-corrected chi connectivity index (χ1v) is 7.21. The Hall–Kier alpha value is -2.25. The van der Waals surface area contributed by atoms with Crippen LogP contribution in [0.5, 0.6) is 0 Å². The molecule has 1 saturated heterocycles. The van der Waals surface area contributed by atoms with E-state index in [9.17, 15) is 24.5 Å². The molecular formula is C15H16FN3O5. The number of hydrogen-bond acceptors (Lipinski definition) is 6. The number of aromatic amines is 1. The summed E-state index contributed by atoms with van der Waals surface area (Å²) in [4.78, 5) is 18.4. The van der Waals surface area contributed by atoms with E-state index in [0.29, 0.717) is 0 Å². The number of aryl methyl sites for hydroxylation is 1. The van der Waals surface area contributed by atoms with Gasteiger partial charge >= 0.3 is 0 Å². The molecule has 128 valence electrons. The Bertz CT molecular complexity index is 911. The van der Waals surface area contributed by atoms with Gasteiger partial charge in [-0.25, -0.2) is 9.37 Å². The van der Waals surface area contributed by atoms with Gasteiger partial charge < -0.3 is 25.0 Å². The van der Waals surface area contributed by atoms with Gasteiger partial charge in [-0.05, 0) is 13.8 Å². The third-order valence-corrected chi connectivity index (χ3v) is 4.00. The summed E-state index contributed by atoms with van der Waals surface area (Å²) in [5.74, 6) is 4.33. The summed E-state index contributed by atoms with van der Waals surface area (Å²) in [6.07, 6.45) is -3.04. The average molecular weight is 337 g/mol. The predicted octanol–water partition coefficient (Wildman–Crippen LogP) is -0.823. The van der Waals surface area contributed by atoms with Gasteiger partial charge in [0.1, 0.15) is 23.4 Å². The molecule has 2 aromatic rings. The number of hydrogen-bond donors (Lipinski definition) is 4. The summed E-state index contributed by atoms with van der Waals surface area (Å²) in [7, 11) is 0. The zero-order valence-corrected chi connectivity index (χ0v) is 12.9. The zero-order valence-electron chi connectivity index (χ0n) is 12.9. The fourth-order valence-corrected chi connectivity index (χ4v) is 2.93. The SMILES string of the molecule is CC#CC1(O)[C@@H](O)[C@@H](CO)O[C@H]1n1cc(F)c2c(=O)[nH]c(C)nc21. The molecule has 24 heavy (non-hydrogen) atoms. The second-order valence-corrected chi connectivity index (χ2v) is 5.59. The van der Waals surface area contributed by atoms with Crippen LogP contribution in [0.1, 0.15) is 19.0 Å². The fourth-order valence-electron chi connectivity index (χ4n) is 2.93. The molecule has 0 bridgehead atoms. The molecule has 4 atom stereocenters. The maximum Gasteiger partial charge on any atom is 0.263 e. The van der Waals surface area contributed by atoms with Crippen molar-refractivity contribution in [3.8, 4) is 11.8 Å². The summed E-state index contributed by atoms with van der Waals surface area (Å²) in [6, 6.07) is 0. The molecule has 0 spiro atoms. The summed E-state index contributed by atoms with van der Waals surface area (Å²) in [5.41, 5.74) is -2.82. The average Bonchev–Trinajstić information content (AvgIpc) is 2.96. The standard InChI is InChI=1S/C15H16FN3O5/c1-3-4-15(23)11(21)9(6-20)24-14(15)19-5-8(16)10-12(19)17-7(2)18-13(10)22/h5,9,11,14,20-21,23H,6H2,1-2H3,(H,17,18,22)/t9-,11+,14-,15?/m1/s1. The van der Waals surface area contributed by atoms with E-state index in [0.717, 1.165) is 10.8 Å².